The van der Waals surface area contributed by atoms with Crippen molar-refractivity contribution >= 4 is 6.41 Å². The first-order valence-corrected chi connectivity index (χ1v) is 8.19. The number of amides is 1. The number of carbonyl (C=O) groups excluding carboxylic acids is 1. The fraction of sp³-hybridized carbons (Fsp3) is 0.588. The Morgan fingerprint density at radius 2 is 1.42 bits per heavy atom. The number of fused-ring (bicyclic) bond motifs is 1. The lowest BCUT2D eigenvalue weighted by molar-refractivity contribution is -0.109. The van der Waals surface area contributed by atoms with Gasteiger partial charge in [-0.2, -0.15) is 0 Å². The molecule has 1 amide bonds. The molecule has 0 atom stereocenters. The maximum Gasteiger partial charge on any atom is 0.207 e. The van der Waals surface area contributed by atoms with Crippen LogP contribution in [0.25, 0.3) is 0 Å². The molecular formula is C17H25NO6. The van der Waals surface area contributed by atoms with Crippen LogP contribution in [0.5, 0.6) is 11.5 Å². The minimum Gasteiger partial charge on any atom is -0.487 e. The second kappa shape index (κ2) is 11.7. The van der Waals surface area contributed by atoms with Crippen LogP contribution in [0.15, 0.2) is 18.2 Å². The van der Waals surface area contributed by atoms with Crippen molar-refractivity contribution in [1.82, 2.24) is 5.32 Å². The Balaban J connectivity index is 1.96. The van der Waals surface area contributed by atoms with Gasteiger partial charge < -0.3 is 29.0 Å². The first kappa shape index (κ1) is 18.5. The van der Waals surface area contributed by atoms with E-state index in [2.05, 4.69) is 5.32 Å². The molecule has 1 aromatic carbocycles. The van der Waals surface area contributed by atoms with Gasteiger partial charge in [-0.1, -0.05) is 6.07 Å². The molecule has 1 aliphatic heterocycles. The molecule has 0 saturated heterocycles. The van der Waals surface area contributed by atoms with Gasteiger partial charge in [-0.15, -0.1) is 0 Å². The van der Waals surface area contributed by atoms with Gasteiger partial charge in [-0.25, -0.2) is 0 Å². The van der Waals surface area contributed by atoms with E-state index in [1.165, 1.54) is 0 Å². The van der Waals surface area contributed by atoms with E-state index in [0.717, 1.165) is 12.0 Å². The molecule has 0 aliphatic carbocycles. The molecule has 1 heterocycles. The molecule has 2 rings (SSSR count). The standard InChI is InChI=1S/C17H25NO6/c19-14-18-4-3-15-1-2-16-17(13-15)24-12-10-22-8-6-20-5-7-21-9-11-23-16/h1-2,13-14H,3-12H2,(H,18,19). The Labute approximate surface area is 142 Å². The number of hydrogen-bond donors (Lipinski definition) is 1. The van der Waals surface area contributed by atoms with Crippen LogP contribution in [0, 0.1) is 0 Å². The maximum atomic E-state index is 10.3. The molecule has 0 saturated carbocycles. The summed E-state index contributed by atoms with van der Waals surface area (Å²) in [6, 6.07) is 5.78. The van der Waals surface area contributed by atoms with Gasteiger partial charge in [0.1, 0.15) is 13.2 Å². The molecule has 0 bridgehead atoms. The molecule has 24 heavy (non-hydrogen) atoms. The van der Waals surface area contributed by atoms with Crippen LogP contribution in [0.3, 0.4) is 0 Å². The fourth-order valence-corrected chi connectivity index (χ4v) is 2.18. The summed E-state index contributed by atoms with van der Waals surface area (Å²) >= 11 is 0. The summed E-state index contributed by atoms with van der Waals surface area (Å²) in [5, 5.41) is 2.65. The lowest BCUT2D eigenvalue weighted by Gasteiger charge is -2.14. The average Bonchev–Trinajstić information content (AvgIpc) is 2.61. The third-order valence-corrected chi connectivity index (χ3v) is 3.36. The number of hydrogen-bond acceptors (Lipinski definition) is 6. The van der Waals surface area contributed by atoms with Crippen LogP contribution in [-0.4, -0.2) is 65.8 Å². The van der Waals surface area contributed by atoms with Crippen molar-refractivity contribution in [2.24, 2.45) is 0 Å². The quantitative estimate of drug-likeness (QED) is 0.646. The molecular weight excluding hydrogens is 314 g/mol. The fourth-order valence-electron chi connectivity index (χ4n) is 2.18. The van der Waals surface area contributed by atoms with E-state index in [1.54, 1.807) is 0 Å². The van der Waals surface area contributed by atoms with Gasteiger partial charge in [0.05, 0.1) is 39.6 Å². The van der Waals surface area contributed by atoms with E-state index < -0.39 is 0 Å². The number of carbonyl (C=O) groups is 1. The van der Waals surface area contributed by atoms with Gasteiger partial charge in [0, 0.05) is 6.54 Å². The average molecular weight is 339 g/mol. The highest BCUT2D eigenvalue weighted by atomic mass is 16.6. The van der Waals surface area contributed by atoms with Crippen LogP contribution >= 0.6 is 0 Å². The highest BCUT2D eigenvalue weighted by Crippen LogP contribution is 2.28. The van der Waals surface area contributed by atoms with Crippen molar-refractivity contribution in [2.45, 2.75) is 6.42 Å². The molecule has 0 fully saturated rings. The minimum absolute atomic E-state index is 0.433. The zero-order valence-corrected chi connectivity index (χ0v) is 13.8. The lowest BCUT2D eigenvalue weighted by Crippen LogP contribution is -2.14. The van der Waals surface area contributed by atoms with E-state index in [1.807, 2.05) is 18.2 Å². The normalized spacial score (nSPS) is 17.3. The lowest BCUT2D eigenvalue weighted by atomic mass is 10.1. The Morgan fingerprint density at radius 3 is 2.04 bits per heavy atom. The summed E-state index contributed by atoms with van der Waals surface area (Å²) in [5.41, 5.74) is 1.06. The zero-order valence-electron chi connectivity index (χ0n) is 13.8. The summed E-state index contributed by atoms with van der Waals surface area (Å²) in [4.78, 5) is 10.3. The largest absolute Gasteiger partial charge is 0.487 e. The first-order chi connectivity index (χ1) is 11.9. The van der Waals surface area contributed by atoms with Crippen molar-refractivity contribution in [3.63, 3.8) is 0 Å². The third-order valence-electron chi connectivity index (χ3n) is 3.36. The van der Waals surface area contributed by atoms with Gasteiger partial charge >= 0.3 is 0 Å². The minimum atomic E-state index is 0.433. The smallest absolute Gasteiger partial charge is 0.207 e. The van der Waals surface area contributed by atoms with Crippen molar-refractivity contribution in [2.75, 3.05) is 59.4 Å². The number of benzene rings is 1. The molecule has 1 aliphatic rings. The molecule has 134 valence electrons. The second-order valence-electron chi connectivity index (χ2n) is 5.14. The summed E-state index contributed by atoms with van der Waals surface area (Å²) in [7, 11) is 0. The van der Waals surface area contributed by atoms with Gasteiger partial charge in [0.25, 0.3) is 0 Å². The van der Waals surface area contributed by atoms with E-state index >= 15 is 0 Å². The number of rotatable bonds is 4. The van der Waals surface area contributed by atoms with Crippen molar-refractivity contribution in [3.05, 3.63) is 23.8 Å². The molecule has 0 radical (unpaired) electrons. The molecule has 7 nitrogen and oxygen atoms in total. The van der Waals surface area contributed by atoms with Crippen LogP contribution in [0.1, 0.15) is 5.56 Å². The predicted octanol–water partition coefficient (Wildman–Crippen LogP) is 0.796. The van der Waals surface area contributed by atoms with Crippen LogP contribution in [0.2, 0.25) is 0 Å². The van der Waals surface area contributed by atoms with Crippen molar-refractivity contribution < 1.29 is 28.5 Å². The van der Waals surface area contributed by atoms with E-state index in [-0.39, 0.29) is 0 Å². The summed E-state index contributed by atoms with van der Waals surface area (Å²) in [6.07, 6.45) is 1.43. The molecule has 1 aromatic rings. The Bertz CT molecular complexity index is 482. The maximum absolute atomic E-state index is 10.3. The summed E-state index contributed by atoms with van der Waals surface area (Å²) < 4.78 is 27.8. The Hall–Kier alpha value is -1.83. The van der Waals surface area contributed by atoms with Gasteiger partial charge in [0.15, 0.2) is 11.5 Å². The van der Waals surface area contributed by atoms with Crippen molar-refractivity contribution in [1.29, 1.82) is 0 Å². The number of ether oxygens (including phenoxy) is 5. The van der Waals surface area contributed by atoms with Crippen LogP contribution in [-0.2, 0) is 25.4 Å². The third kappa shape index (κ3) is 7.16. The molecule has 1 N–H and O–H groups in total. The Kier molecular flexibility index (Phi) is 9.00. The van der Waals surface area contributed by atoms with Gasteiger partial charge in [-0.3, -0.25) is 4.79 Å². The van der Waals surface area contributed by atoms with Crippen molar-refractivity contribution in [3.8, 4) is 11.5 Å². The van der Waals surface area contributed by atoms with E-state index in [9.17, 15) is 4.79 Å². The van der Waals surface area contributed by atoms with Gasteiger partial charge in [0.2, 0.25) is 6.41 Å². The zero-order chi connectivity index (χ0) is 16.9. The van der Waals surface area contributed by atoms with Crippen LogP contribution in [0.4, 0.5) is 0 Å². The Morgan fingerprint density at radius 1 is 0.833 bits per heavy atom. The second-order valence-corrected chi connectivity index (χ2v) is 5.14. The molecule has 0 unspecified atom stereocenters. The number of nitrogens with one attached hydrogen (secondary N) is 1. The topological polar surface area (TPSA) is 75.3 Å². The van der Waals surface area contributed by atoms with Crippen LogP contribution < -0.4 is 14.8 Å². The first-order valence-electron chi connectivity index (χ1n) is 8.19. The summed E-state index contributed by atoms with van der Waals surface area (Å²) in [5.74, 6) is 1.35. The highest BCUT2D eigenvalue weighted by Gasteiger charge is 2.08. The van der Waals surface area contributed by atoms with Gasteiger partial charge in [-0.05, 0) is 24.1 Å². The highest BCUT2D eigenvalue weighted by molar-refractivity contribution is 5.46. The van der Waals surface area contributed by atoms with E-state index in [0.29, 0.717) is 77.3 Å². The molecule has 0 aromatic heterocycles. The van der Waals surface area contributed by atoms with E-state index in [4.69, 9.17) is 23.7 Å². The summed E-state index contributed by atoms with van der Waals surface area (Å²) in [6.45, 7) is 4.60. The molecule has 0 spiro atoms. The molecule has 7 heteroatoms. The SMILES string of the molecule is O=CNCCc1ccc2c(c1)OCCOCCOCCOCCO2. The predicted molar refractivity (Wildman–Crippen MR) is 87.7 cm³/mol. The monoisotopic (exact) mass is 339 g/mol.